The molecule has 1 aliphatic heterocycles. The van der Waals surface area contributed by atoms with Gasteiger partial charge in [0, 0.05) is 24.8 Å². The fourth-order valence-electron chi connectivity index (χ4n) is 2.23. The third-order valence-corrected chi connectivity index (χ3v) is 3.06. The van der Waals surface area contributed by atoms with Crippen LogP contribution in [0.5, 0.6) is 0 Å². The van der Waals surface area contributed by atoms with E-state index in [1.807, 2.05) is 11.8 Å². The molecule has 2 rings (SSSR count). The second-order valence-electron chi connectivity index (χ2n) is 4.84. The smallest absolute Gasteiger partial charge is 0.376 e. The van der Waals surface area contributed by atoms with Gasteiger partial charge in [-0.1, -0.05) is 0 Å². The van der Waals surface area contributed by atoms with Gasteiger partial charge in [-0.15, -0.1) is 0 Å². The lowest BCUT2D eigenvalue weighted by atomic mass is 10.2. The maximum absolute atomic E-state index is 11.6. The maximum Gasteiger partial charge on any atom is 0.376 e. The van der Waals surface area contributed by atoms with Gasteiger partial charge in [-0.2, -0.15) is 0 Å². The van der Waals surface area contributed by atoms with Crippen LogP contribution in [-0.4, -0.2) is 60.1 Å². The molecule has 110 valence electrons. The number of aryl methyl sites for hydroxylation is 1. The minimum absolute atomic E-state index is 0.0160. The van der Waals surface area contributed by atoms with Crippen molar-refractivity contribution >= 4 is 11.8 Å². The molecule has 0 aliphatic carbocycles. The number of hydrogen-bond acceptors (Lipinski definition) is 7. The molecule has 1 aliphatic rings. The van der Waals surface area contributed by atoms with Crippen molar-refractivity contribution in [2.24, 2.45) is 0 Å². The van der Waals surface area contributed by atoms with Gasteiger partial charge >= 0.3 is 5.97 Å². The average molecular weight is 281 g/mol. The summed E-state index contributed by atoms with van der Waals surface area (Å²) in [5.74, 6) is 0.128. The number of aliphatic hydroxyl groups excluding tert-OH is 1. The standard InChI is InChI=1S/C13H19N3O4/c1-8-4-11(15-12(14-8)13(18)19-3)16-5-9(2)20-10(6-16)7-17/h4,9-10,17H,5-7H2,1-3H3. The number of carbonyl (C=O) groups is 1. The van der Waals surface area contributed by atoms with Crippen molar-refractivity contribution in [3.8, 4) is 0 Å². The Kier molecular flexibility index (Phi) is 4.51. The molecule has 1 fully saturated rings. The second-order valence-corrected chi connectivity index (χ2v) is 4.84. The lowest BCUT2D eigenvalue weighted by Gasteiger charge is -2.36. The van der Waals surface area contributed by atoms with Crippen LogP contribution in [0, 0.1) is 6.92 Å². The summed E-state index contributed by atoms with van der Waals surface area (Å²) in [6.45, 7) is 4.86. The summed E-state index contributed by atoms with van der Waals surface area (Å²) in [6, 6.07) is 1.80. The van der Waals surface area contributed by atoms with Crippen LogP contribution in [0.2, 0.25) is 0 Å². The first-order valence-corrected chi connectivity index (χ1v) is 6.48. The maximum atomic E-state index is 11.6. The van der Waals surface area contributed by atoms with Crippen LogP contribution in [0.15, 0.2) is 6.07 Å². The molecule has 7 heteroatoms. The quantitative estimate of drug-likeness (QED) is 0.790. The Hall–Kier alpha value is -1.73. The topological polar surface area (TPSA) is 84.8 Å². The van der Waals surface area contributed by atoms with Crippen LogP contribution in [0.3, 0.4) is 0 Å². The minimum Gasteiger partial charge on any atom is -0.463 e. The SMILES string of the molecule is COC(=O)c1nc(C)cc(N2CC(C)OC(CO)C2)n1. The number of rotatable bonds is 3. The van der Waals surface area contributed by atoms with E-state index in [0.29, 0.717) is 24.6 Å². The van der Waals surface area contributed by atoms with E-state index in [1.165, 1.54) is 7.11 Å². The fraction of sp³-hybridized carbons (Fsp3) is 0.615. The van der Waals surface area contributed by atoms with Crippen LogP contribution in [-0.2, 0) is 9.47 Å². The number of morpholine rings is 1. The third-order valence-electron chi connectivity index (χ3n) is 3.06. The van der Waals surface area contributed by atoms with Gasteiger partial charge in [0.05, 0.1) is 25.9 Å². The van der Waals surface area contributed by atoms with Crippen LogP contribution in [0.4, 0.5) is 5.82 Å². The molecule has 0 bridgehead atoms. The first kappa shape index (κ1) is 14.7. The van der Waals surface area contributed by atoms with Gasteiger partial charge in [0.1, 0.15) is 5.82 Å². The normalized spacial score (nSPS) is 22.7. The van der Waals surface area contributed by atoms with Crippen molar-refractivity contribution in [2.75, 3.05) is 31.7 Å². The Morgan fingerprint density at radius 2 is 2.30 bits per heavy atom. The Morgan fingerprint density at radius 1 is 1.55 bits per heavy atom. The molecule has 1 saturated heterocycles. The van der Waals surface area contributed by atoms with E-state index in [-0.39, 0.29) is 24.6 Å². The predicted octanol–water partition coefficient (Wildman–Crippen LogP) is 0.158. The van der Waals surface area contributed by atoms with Gasteiger partial charge in [-0.25, -0.2) is 14.8 Å². The highest BCUT2D eigenvalue weighted by Crippen LogP contribution is 2.19. The molecule has 0 saturated carbocycles. The van der Waals surface area contributed by atoms with E-state index < -0.39 is 5.97 Å². The molecule has 2 atom stereocenters. The van der Waals surface area contributed by atoms with Crippen molar-refractivity contribution < 1.29 is 19.4 Å². The van der Waals surface area contributed by atoms with E-state index in [0.717, 1.165) is 0 Å². The Labute approximate surface area is 117 Å². The molecule has 1 aromatic heterocycles. The molecule has 7 nitrogen and oxygen atoms in total. The number of esters is 1. The summed E-state index contributed by atoms with van der Waals surface area (Å²) in [5, 5.41) is 9.25. The highest BCUT2D eigenvalue weighted by atomic mass is 16.5. The number of carbonyl (C=O) groups excluding carboxylic acids is 1. The third kappa shape index (κ3) is 3.23. The van der Waals surface area contributed by atoms with Gasteiger partial charge in [0.2, 0.25) is 5.82 Å². The molecule has 2 heterocycles. The summed E-state index contributed by atoms with van der Waals surface area (Å²) < 4.78 is 10.2. The first-order valence-electron chi connectivity index (χ1n) is 6.48. The van der Waals surface area contributed by atoms with E-state index >= 15 is 0 Å². The number of nitrogens with zero attached hydrogens (tertiary/aromatic N) is 3. The molecule has 0 radical (unpaired) electrons. The van der Waals surface area contributed by atoms with Crippen LogP contribution in [0.25, 0.3) is 0 Å². The molecule has 0 spiro atoms. The van der Waals surface area contributed by atoms with Crippen molar-refractivity contribution in [2.45, 2.75) is 26.1 Å². The number of aromatic nitrogens is 2. The molecule has 2 unspecified atom stereocenters. The molecule has 1 aromatic rings. The number of hydrogen-bond donors (Lipinski definition) is 1. The lowest BCUT2D eigenvalue weighted by Crippen LogP contribution is -2.48. The molecular formula is C13H19N3O4. The Balaban J connectivity index is 2.27. The molecule has 1 N–H and O–H groups in total. The molecular weight excluding hydrogens is 262 g/mol. The highest BCUT2D eigenvalue weighted by Gasteiger charge is 2.26. The number of methoxy groups -OCH3 is 1. The van der Waals surface area contributed by atoms with Gasteiger partial charge in [-0.05, 0) is 13.8 Å². The number of anilines is 1. The molecule has 0 aromatic carbocycles. The van der Waals surface area contributed by atoms with Crippen molar-refractivity contribution in [1.82, 2.24) is 9.97 Å². The zero-order valence-electron chi connectivity index (χ0n) is 11.9. The largest absolute Gasteiger partial charge is 0.463 e. The summed E-state index contributed by atoms with van der Waals surface area (Å²) in [6.07, 6.45) is -0.270. The Bertz CT molecular complexity index is 495. The average Bonchev–Trinajstić information content (AvgIpc) is 2.45. The van der Waals surface area contributed by atoms with Crippen LogP contribution >= 0.6 is 0 Å². The lowest BCUT2D eigenvalue weighted by molar-refractivity contribution is -0.0423. The summed E-state index contributed by atoms with van der Waals surface area (Å²) in [4.78, 5) is 21.8. The van der Waals surface area contributed by atoms with E-state index in [9.17, 15) is 9.90 Å². The van der Waals surface area contributed by atoms with Gasteiger partial charge in [-0.3, -0.25) is 0 Å². The van der Waals surface area contributed by atoms with Gasteiger partial charge < -0.3 is 19.5 Å². The first-order chi connectivity index (χ1) is 9.53. The van der Waals surface area contributed by atoms with E-state index in [4.69, 9.17) is 4.74 Å². The predicted molar refractivity (Wildman–Crippen MR) is 71.7 cm³/mol. The highest BCUT2D eigenvalue weighted by molar-refractivity contribution is 5.85. The summed E-state index contributed by atoms with van der Waals surface area (Å²) in [7, 11) is 1.30. The zero-order valence-corrected chi connectivity index (χ0v) is 11.9. The monoisotopic (exact) mass is 281 g/mol. The molecule has 20 heavy (non-hydrogen) atoms. The Morgan fingerprint density at radius 3 is 2.95 bits per heavy atom. The van der Waals surface area contributed by atoms with Crippen LogP contribution in [0.1, 0.15) is 23.2 Å². The van der Waals surface area contributed by atoms with Crippen molar-refractivity contribution in [1.29, 1.82) is 0 Å². The van der Waals surface area contributed by atoms with E-state index in [1.54, 1.807) is 13.0 Å². The van der Waals surface area contributed by atoms with E-state index in [2.05, 4.69) is 14.7 Å². The van der Waals surface area contributed by atoms with Gasteiger partial charge in [0.15, 0.2) is 0 Å². The summed E-state index contributed by atoms with van der Waals surface area (Å²) >= 11 is 0. The second kappa shape index (κ2) is 6.15. The summed E-state index contributed by atoms with van der Waals surface area (Å²) in [5.41, 5.74) is 0.690. The molecule has 0 amide bonds. The number of ether oxygens (including phenoxy) is 2. The minimum atomic E-state index is -0.560. The van der Waals surface area contributed by atoms with Crippen LogP contribution < -0.4 is 4.90 Å². The van der Waals surface area contributed by atoms with Gasteiger partial charge in [0.25, 0.3) is 0 Å². The fourth-order valence-corrected chi connectivity index (χ4v) is 2.23. The van der Waals surface area contributed by atoms with Crippen molar-refractivity contribution in [3.05, 3.63) is 17.6 Å². The van der Waals surface area contributed by atoms with Crippen molar-refractivity contribution in [3.63, 3.8) is 0 Å². The zero-order chi connectivity index (χ0) is 14.7. The number of aliphatic hydroxyl groups is 1.